The van der Waals surface area contributed by atoms with Gasteiger partial charge in [0, 0.05) is 51.8 Å². The van der Waals surface area contributed by atoms with Gasteiger partial charge in [0.05, 0.1) is 54.3 Å². The number of likely N-dealkylation sites (tertiary alicyclic amines) is 1. The fourth-order valence-electron chi connectivity index (χ4n) is 10.4. The number of hydrogen-bond donors (Lipinski definition) is 9. The minimum Gasteiger partial charge on any atom is -0.396 e. The van der Waals surface area contributed by atoms with Gasteiger partial charge in [-0.1, -0.05) is 50.7 Å². The number of carbonyl (C=O) groups excluding carboxylic acids is 4. The molecule has 3 saturated heterocycles. The van der Waals surface area contributed by atoms with E-state index in [4.69, 9.17) is 28.8 Å². The van der Waals surface area contributed by atoms with Crippen LogP contribution >= 0.6 is 0 Å². The van der Waals surface area contributed by atoms with Crippen molar-refractivity contribution >= 4 is 23.6 Å². The van der Waals surface area contributed by atoms with Crippen molar-refractivity contribution in [3.63, 3.8) is 0 Å². The highest BCUT2D eigenvalue weighted by Crippen LogP contribution is 2.40. The maximum atomic E-state index is 14.1. The van der Waals surface area contributed by atoms with Crippen LogP contribution in [0.2, 0.25) is 0 Å². The zero-order valence-electron chi connectivity index (χ0n) is 40.9. The average Bonchev–Trinajstić information content (AvgIpc) is 3.83. The zero-order chi connectivity index (χ0) is 50.8. The number of ether oxygens (including phenoxy) is 5. The molecule has 0 aromatic carbocycles. The molecule has 15 atom stereocenters. The number of rotatable bonds is 21. The minimum atomic E-state index is -1.67. The molecule has 2 aromatic rings. The number of carbonyl (C=O) groups is 4. The summed E-state index contributed by atoms with van der Waals surface area (Å²) < 4.78 is 33.5. The number of aromatic nitrogens is 4. The highest BCUT2D eigenvalue weighted by molar-refractivity contribution is 5.94. The second-order valence-electron chi connectivity index (χ2n) is 19.7. The van der Waals surface area contributed by atoms with E-state index in [0.29, 0.717) is 50.2 Å². The van der Waals surface area contributed by atoms with E-state index < -0.39 is 110 Å². The molecule has 3 aliphatic heterocycles. The highest BCUT2D eigenvalue weighted by Gasteiger charge is 2.53. The van der Waals surface area contributed by atoms with Gasteiger partial charge in [0.25, 0.3) is 11.8 Å². The predicted molar refractivity (Wildman–Crippen MR) is 249 cm³/mol. The SMILES string of the molecule is CCC1CC(C(=O)NCCNC(=O)c2cncc(-n3cc(CCCO)nn3)c2)C[C@@H](O[C@@H]2OC(CO)[C@H](O)C(O[C@@H](CC3CCCCC3)C(=O)N3CCC3)C2NC(C)=O)C1O[C@@H]1OC(C)[C@@H](O)C(O)C1O. The van der Waals surface area contributed by atoms with Crippen LogP contribution in [0.4, 0.5) is 0 Å². The average molecular weight is 1000 g/mol. The molecule has 5 aliphatic rings. The number of aryl methyl sites for hydroxylation is 1. The summed E-state index contributed by atoms with van der Waals surface area (Å²) in [5.74, 6) is -2.49. The van der Waals surface area contributed by atoms with Gasteiger partial charge in [-0.15, -0.1) is 5.10 Å². The molecule has 5 fully saturated rings. The summed E-state index contributed by atoms with van der Waals surface area (Å²) in [6.07, 6.45) is -2.86. The maximum Gasteiger partial charge on any atom is 0.252 e. The number of amides is 4. The Bertz CT molecular complexity index is 2060. The molecule has 396 valence electrons. The van der Waals surface area contributed by atoms with Crippen LogP contribution in [-0.2, 0) is 44.5 Å². The predicted octanol–water partition coefficient (Wildman–Crippen LogP) is -0.993. The van der Waals surface area contributed by atoms with Gasteiger partial charge < -0.3 is 75.2 Å². The summed E-state index contributed by atoms with van der Waals surface area (Å²) in [6, 6.07) is 0.363. The van der Waals surface area contributed by atoms with E-state index >= 15 is 0 Å². The molecule has 2 saturated carbocycles. The van der Waals surface area contributed by atoms with Crippen molar-refractivity contribution in [2.75, 3.05) is 39.4 Å². The lowest BCUT2D eigenvalue weighted by Crippen LogP contribution is -2.67. The molecule has 23 nitrogen and oxygen atoms in total. The Morgan fingerprint density at radius 2 is 1.65 bits per heavy atom. The Kier molecular flexibility index (Phi) is 19.6. The van der Waals surface area contributed by atoms with Gasteiger partial charge >= 0.3 is 0 Å². The molecule has 0 spiro atoms. The zero-order valence-corrected chi connectivity index (χ0v) is 40.9. The summed E-state index contributed by atoms with van der Waals surface area (Å²) in [4.78, 5) is 60.2. The molecule has 7 rings (SSSR count). The largest absolute Gasteiger partial charge is 0.396 e. The van der Waals surface area contributed by atoms with Crippen molar-refractivity contribution in [1.82, 2.24) is 40.8 Å². The van der Waals surface area contributed by atoms with Gasteiger partial charge in [-0.2, -0.15) is 0 Å². The lowest BCUT2D eigenvalue weighted by molar-refractivity contribution is -0.338. The van der Waals surface area contributed by atoms with Crippen LogP contribution in [0, 0.1) is 17.8 Å². The van der Waals surface area contributed by atoms with Crippen LogP contribution in [0.5, 0.6) is 0 Å². The first kappa shape index (κ1) is 54.5. The van der Waals surface area contributed by atoms with Crippen LogP contribution in [0.25, 0.3) is 5.69 Å². The van der Waals surface area contributed by atoms with Crippen LogP contribution in [0.1, 0.15) is 107 Å². The monoisotopic (exact) mass is 1000 g/mol. The fraction of sp³-hybridized carbons (Fsp3) is 0.771. The van der Waals surface area contributed by atoms with Crippen molar-refractivity contribution in [1.29, 1.82) is 0 Å². The molecular weight excluding hydrogens is 929 g/mol. The first-order valence-electron chi connectivity index (χ1n) is 25.4. The molecule has 4 amide bonds. The van der Waals surface area contributed by atoms with Crippen molar-refractivity contribution < 1.29 is 73.5 Å². The van der Waals surface area contributed by atoms with Gasteiger partial charge in [-0.25, -0.2) is 4.68 Å². The van der Waals surface area contributed by atoms with Crippen LogP contribution < -0.4 is 16.0 Å². The van der Waals surface area contributed by atoms with Gasteiger partial charge in [-0.05, 0) is 63.4 Å². The van der Waals surface area contributed by atoms with E-state index in [0.717, 1.165) is 38.5 Å². The third kappa shape index (κ3) is 13.7. The first-order chi connectivity index (χ1) is 34.2. The van der Waals surface area contributed by atoms with Crippen molar-refractivity contribution in [3.8, 4) is 5.69 Å². The van der Waals surface area contributed by atoms with Gasteiger partial charge in [0.1, 0.15) is 48.8 Å². The summed E-state index contributed by atoms with van der Waals surface area (Å²) in [5.41, 5.74) is 1.44. The summed E-state index contributed by atoms with van der Waals surface area (Å²) in [7, 11) is 0. The Hall–Kier alpha value is -4.27. The van der Waals surface area contributed by atoms with Crippen molar-refractivity contribution in [2.45, 2.75) is 177 Å². The molecule has 2 aromatic heterocycles. The number of pyridine rings is 1. The number of hydrogen-bond acceptors (Lipinski definition) is 18. The second kappa shape index (κ2) is 25.6. The van der Waals surface area contributed by atoms with E-state index in [1.54, 1.807) is 17.2 Å². The first-order valence-corrected chi connectivity index (χ1v) is 25.4. The van der Waals surface area contributed by atoms with Gasteiger partial charge in [0.15, 0.2) is 12.6 Å². The van der Waals surface area contributed by atoms with Crippen LogP contribution in [0.15, 0.2) is 24.7 Å². The molecule has 5 heterocycles. The topological polar surface area (TPSA) is 319 Å². The van der Waals surface area contributed by atoms with Crippen LogP contribution in [-0.4, -0.2) is 198 Å². The summed E-state index contributed by atoms with van der Waals surface area (Å²) in [6.45, 7) is 5.29. The minimum absolute atomic E-state index is 0.00631. The van der Waals surface area contributed by atoms with E-state index in [1.807, 2.05) is 6.92 Å². The molecule has 0 radical (unpaired) electrons. The molecule has 9 unspecified atom stereocenters. The lowest BCUT2D eigenvalue weighted by atomic mass is 9.75. The summed E-state index contributed by atoms with van der Waals surface area (Å²) >= 11 is 0. The summed E-state index contributed by atoms with van der Waals surface area (Å²) in [5, 5.41) is 80.5. The maximum absolute atomic E-state index is 14.1. The Balaban J connectivity index is 1.08. The Morgan fingerprint density at radius 1 is 0.887 bits per heavy atom. The molecule has 23 heteroatoms. The van der Waals surface area contributed by atoms with E-state index in [2.05, 4.69) is 31.2 Å². The molecular formula is C48H74N8O15. The van der Waals surface area contributed by atoms with Crippen LogP contribution in [0.3, 0.4) is 0 Å². The lowest BCUT2D eigenvalue weighted by Gasteiger charge is -2.49. The van der Waals surface area contributed by atoms with Gasteiger partial charge in [0.2, 0.25) is 11.8 Å². The standard InChI is InChI=1S/C48H74N8O15/c1-4-29-19-30(44(64)50-13-14-51-45(65)31-20-33(23-49-22-31)56-24-32(53-54-56)12-8-17-57)21-34(42(29)71-48-41(63)40(62)38(60)26(2)67-48)69-47-37(52-27(3)59)43(39(61)36(25-58)70-47)68-35(46(66)55-15-9-16-55)18-28-10-6-5-7-11-28/h20,22-24,26,28-30,34-43,47-48,57-58,60-63H,4-19,21,25H2,1-3H3,(H,50,64)(H,51,65)(H,52,59)/t26?,29?,30?,34-,35+,36?,37?,38-,39+,40?,41?,42?,43?,47-,48+/m1/s1. The highest BCUT2D eigenvalue weighted by atomic mass is 16.7. The number of aliphatic hydroxyl groups excluding tert-OH is 6. The molecule has 0 bridgehead atoms. The van der Waals surface area contributed by atoms with E-state index in [1.165, 1.54) is 30.9 Å². The van der Waals surface area contributed by atoms with E-state index in [-0.39, 0.29) is 55.8 Å². The van der Waals surface area contributed by atoms with E-state index in [9.17, 15) is 44.7 Å². The third-order valence-corrected chi connectivity index (χ3v) is 14.6. The van der Waals surface area contributed by atoms with Crippen molar-refractivity contribution in [2.24, 2.45) is 17.8 Å². The van der Waals surface area contributed by atoms with Crippen molar-refractivity contribution in [3.05, 3.63) is 35.9 Å². The Morgan fingerprint density at radius 3 is 2.34 bits per heavy atom. The fourth-order valence-corrected chi connectivity index (χ4v) is 10.4. The third-order valence-electron chi connectivity index (χ3n) is 14.6. The smallest absolute Gasteiger partial charge is 0.252 e. The number of nitrogens with zero attached hydrogens (tertiary/aromatic N) is 5. The molecule has 9 N–H and O–H groups in total. The molecule has 2 aliphatic carbocycles. The quantitative estimate of drug-likeness (QED) is 0.0678. The Labute approximate surface area is 413 Å². The van der Waals surface area contributed by atoms with Gasteiger partial charge in [-0.3, -0.25) is 24.2 Å². The number of nitrogens with one attached hydrogen (secondary N) is 3. The second-order valence-corrected chi connectivity index (χ2v) is 19.7. The molecule has 71 heavy (non-hydrogen) atoms. The number of aliphatic hydroxyl groups is 6. The normalized spacial score (nSPS) is 32.9.